The van der Waals surface area contributed by atoms with Crippen LogP contribution in [0.2, 0.25) is 0 Å². The first-order valence-corrected chi connectivity index (χ1v) is 7.06. The minimum Gasteiger partial charge on any atom is -0.372 e. The third-order valence-electron chi connectivity index (χ3n) is 3.95. The molecule has 0 spiro atoms. The van der Waals surface area contributed by atoms with Crippen LogP contribution in [0.15, 0.2) is 24.3 Å². The summed E-state index contributed by atoms with van der Waals surface area (Å²) < 4.78 is 0. The number of piperidine rings is 1. The average Bonchev–Trinajstić information content (AvgIpc) is 2.40. The molecule has 1 aromatic carbocycles. The number of nitrogens with zero attached hydrogens (tertiary/aromatic N) is 1. The number of hydrogen-bond donors (Lipinski definition) is 0. The summed E-state index contributed by atoms with van der Waals surface area (Å²) in [5.41, 5.74) is 2.06. The molecular formula is C16H23NO. The van der Waals surface area contributed by atoms with Gasteiger partial charge in [0, 0.05) is 24.3 Å². The highest BCUT2D eigenvalue weighted by Gasteiger charge is 2.18. The van der Waals surface area contributed by atoms with Gasteiger partial charge in [0.05, 0.1) is 0 Å². The maximum absolute atomic E-state index is 11.2. The summed E-state index contributed by atoms with van der Waals surface area (Å²) in [6, 6.07) is 8.04. The lowest BCUT2D eigenvalue weighted by molar-refractivity contribution is 0.101. The first kappa shape index (κ1) is 13.1. The van der Waals surface area contributed by atoms with E-state index in [4.69, 9.17) is 0 Å². The Balaban J connectivity index is 1.95. The fraction of sp³-hybridized carbons (Fsp3) is 0.562. The molecule has 0 saturated carbocycles. The maximum atomic E-state index is 11.2. The van der Waals surface area contributed by atoms with Crippen molar-refractivity contribution in [1.82, 2.24) is 0 Å². The van der Waals surface area contributed by atoms with Crippen LogP contribution in [0.25, 0.3) is 0 Å². The Bertz CT molecular complexity index is 388. The topological polar surface area (TPSA) is 20.3 Å². The van der Waals surface area contributed by atoms with Crippen LogP contribution in [0, 0.1) is 5.92 Å². The Hall–Kier alpha value is -1.31. The molecule has 2 rings (SSSR count). The first-order valence-electron chi connectivity index (χ1n) is 7.06. The van der Waals surface area contributed by atoms with Gasteiger partial charge in [-0.15, -0.1) is 0 Å². The van der Waals surface area contributed by atoms with Crippen LogP contribution in [-0.2, 0) is 0 Å². The summed E-state index contributed by atoms with van der Waals surface area (Å²) in [4.78, 5) is 13.7. The van der Waals surface area contributed by atoms with E-state index < -0.39 is 0 Å². The number of Topliss-reactive ketones (excluding diaryl/α,β-unsaturated/α-hetero) is 1. The fourth-order valence-corrected chi connectivity index (χ4v) is 2.80. The lowest BCUT2D eigenvalue weighted by Crippen LogP contribution is -2.33. The van der Waals surface area contributed by atoms with E-state index >= 15 is 0 Å². The molecule has 1 aliphatic rings. The molecule has 0 N–H and O–H groups in total. The lowest BCUT2D eigenvalue weighted by atomic mass is 9.92. The Morgan fingerprint density at radius 3 is 2.33 bits per heavy atom. The normalized spacial score (nSPS) is 16.9. The van der Waals surface area contributed by atoms with Gasteiger partial charge >= 0.3 is 0 Å². The zero-order chi connectivity index (χ0) is 13.0. The minimum absolute atomic E-state index is 0.142. The molecule has 2 nitrogen and oxygen atoms in total. The van der Waals surface area contributed by atoms with E-state index in [0.717, 1.165) is 24.6 Å². The molecule has 0 bridgehead atoms. The molecule has 2 heteroatoms. The quantitative estimate of drug-likeness (QED) is 0.750. The molecule has 18 heavy (non-hydrogen) atoms. The number of hydrogen-bond acceptors (Lipinski definition) is 2. The van der Waals surface area contributed by atoms with Crippen LogP contribution in [0.4, 0.5) is 5.69 Å². The summed E-state index contributed by atoms with van der Waals surface area (Å²) >= 11 is 0. The molecule has 1 fully saturated rings. The number of rotatable bonds is 4. The molecule has 0 atom stereocenters. The molecule has 98 valence electrons. The summed E-state index contributed by atoms with van der Waals surface area (Å²) in [5, 5.41) is 0. The summed E-state index contributed by atoms with van der Waals surface area (Å²) in [6.45, 7) is 6.20. The molecule has 0 amide bonds. The molecular weight excluding hydrogens is 222 g/mol. The van der Waals surface area contributed by atoms with Crippen molar-refractivity contribution in [2.75, 3.05) is 18.0 Å². The van der Waals surface area contributed by atoms with E-state index in [1.807, 2.05) is 12.1 Å². The molecule has 1 saturated heterocycles. The fourth-order valence-electron chi connectivity index (χ4n) is 2.80. The molecule has 1 aliphatic heterocycles. The van der Waals surface area contributed by atoms with Gasteiger partial charge in [-0.05, 0) is 49.9 Å². The number of anilines is 1. The van der Waals surface area contributed by atoms with Crippen LogP contribution in [0.5, 0.6) is 0 Å². The van der Waals surface area contributed by atoms with Crippen molar-refractivity contribution >= 4 is 11.5 Å². The van der Waals surface area contributed by atoms with E-state index in [9.17, 15) is 4.79 Å². The number of benzene rings is 1. The van der Waals surface area contributed by atoms with Crippen molar-refractivity contribution in [3.8, 4) is 0 Å². The smallest absolute Gasteiger partial charge is 0.159 e. The van der Waals surface area contributed by atoms with E-state index in [0.29, 0.717) is 0 Å². The van der Waals surface area contributed by atoms with Crippen molar-refractivity contribution in [2.24, 2.45) is 5.92 Å². The van der Waals surface area contributed by atoms with Crippen LogP contribution in [-0.4, -0.2) is 18.9 Å². The van der Waals surface area contributed by atoms with E-state index in [1.54, 1.807) is 6.92 Å². The third-order valence-corrected chi connectivity index (χ3v) is 3.95. The summed E-state index contributed by atoms with van der Waals surface area (Å²) in [7, 11) is 0. The van der Waals surface area contributed by atoms with Gasteiger partial charge in [0.2, 0.25) is 0 Å². The van der Waals surface area contributed by atoms with Crippen LogP contribution in [0.1, 0.15) is 49.9 Å². The van der Waals surface area contributed by atoms with Crippen LogP contribution in [0.3, 0.4) is 0 Å². The molecule has 0 aromatic heterocycles. The van der Waals surface area contributed by atoms with Gasteiger partial charge < -0.3 is 4.90 Å². The van der Waals surface area contributed by atoms with Crippen molar-refractivity contribution < 1.29 is 4.79 Å². The third kappa shape index (κ3) is 3.12. The second-order valence-corrected chi connectivity index (χ2v) is 5.32. The van der Waals surface area contributed by atoms with Crippen molar-refractivity contribution in [3.63, 3.8) is 0 Å². The van der Waals surface area contributed by atoms with Crippen LogP contribution < -0.4 is 4.90 Å². The molecule has 0 unspecified atom stereocenters. The Morgan fingerprint density at radius 2 is 1.83 bits per heavy atom. The average molecular weight is 245 g/mol. The Kier molecular flexibility index (Phi) is 4.40. The SMILES string of the molecule is CCCC1CCN(c2ccc(C(C)=O)cc2)CC1. The number of ketones is 1. The van der Waals surface area contributed by atoms with Gasteiger partial charge in [-0.3, -0.25) is 4.79 Å². The Morgan fingerprint density at radius 1 is 1.22 bits per heavy atom. The number of carbonyl (C=O) groups excluding carboxylic acids is 1. The largest absolute Gasteiger partial charge is 0.372 e. The monoisotopic (exact) mass is 245 g/mol. The van der Waals surface area contributed by atoms with Crippen LogP contribution >= 0.6 is 0 Å². The maximum Gasteiger partial charge on any atom is 0.159 e. The van der Waals surface area contributed by atoms with Gasteiger partial charge in [-0.25, -0.2) is 0 Å². The van der Waals surface area contributed by atoms with E-state index in [-0.39, 0.29) is 5.78 Å². The second-order valence-electron chi connectivity index (χ2n) is 5.32. The van der Waals surface area contributed by atoms with Gasteiger partial charge in [-0.1, -0.05) is 19.8 Å². The zero-order valence-electron chi connectivity index (χ0n) is 11.5. The molecule has 1 aromatic rings. The molecule has 0 radical (unpaired) electrons. The van der Waals surface area contributed by atoms with Gasteiger partial charge in [0.25, 0.3) is 0 Å². The molecule has 0 aliphatic carbocycles. The standard InChI is InChI=1S/C16H23NO/c1-3-4-14-9-11-17(12-10-14)16-7-5-15(6-8-16)13(2)18/h5-8,14H,3-4,9-12H2,1-2H3. The number of carbonyl (C=O) groups is 1. The van der Waals surface area contributed by atoms with Crippen molar-refractivity contribution in [2.45, 2.75) is 39.5 Å². The zero-order valence-corrected chi connectivity index (χ0v) is 11.5. The van der Waals surface area contributed by atoms with Gasteiger partial charge in [0.1, 0.15) is 0 Å². The predicted octanol–water partition coefficient (Wildman–Crippen LogP) is 3.91. The second kappa shape index (κ2) is 6.03. The first-order chi connectivity index (χ1) is 8.70. The van der Waals surface area contributed by atoms with Crippen molar-refractivity contribution in [1.29, 1.82) is 0 Å². The van der Waals surface area contributed by atoms with E-state index in [1.165, 1.54) is 31.4 Å². The van der Waals surface area contributed by atoms with Gasteiger partial charge in [-0.2, -0.15) is 0 Å². The highest BCUT2D eigenvalue weighted by Crippen LogP contribution is 2.26. The Labute approximate surface area is 110 Å². The summed E-state index contributed by atoms with van der Waals surface area (Å²) in [5.74, 6) is 1.06. The summed E-state index contributed by atoms with van der Waals surface area (Å²) in [6.07, 6.45) is 5.29. The lowest BCUT2D eigenvalue weighted by Gasteiger charge is -2.33. The van der Waals surface area contributed by atoms with E-state index in [2.05, 4.69) is 24.0 Å². The highest BCUT2D eigenvalue weighted by atomic mass is 16.1. The minimum atomic E-state index is 0.142. The van der Waals surface area contributed by atoms with Gasteiger partial charge in [0.15, 0.2) is 5.78 Å². The predicted molar refractivity (Wildman–Crippen MR) is 76.3 cm³/mol. The highest BCUT2D eigenvalue weighted by molar-refractivity contribution is 5.94. The molecule has 1 heterocycles. The van der Waals surface area contributed by atoms with Crippen molar-refractivity contribution in [3.05, 3.63) is 29.8 Å².